The van der Waals surface area contributed by atoms with Crippen LogP contribution in [0.5, 0.6) is 5.75 Å². The molecule has 5 heteroatoms. The molecule has 4 aromatic rings. The maximum Gasteiger partial charge on any atom is 0.228 e. The van der Waals surface area contributed by atoms with E-state index >= 15 is 0 Å². The van der Waals surface area contributed by atoms with Gasteiger partial charge in [-0.25, -0.2) is 4.98 Å². The molecule has 0 radical (unpaired) electrons. The first-order valence-corrected chi connectivity index (χ1v) is 9.02. The Morgan fingerprint density at radius 1 is 1.07 bits per heavy atom. The molecule has 1 heterocycles. The fraction of sp³-hybridized carbons (Fsp3) is 0.130. The van der Waals surface area contributed by atoms with Gasteiger partial charge in [-0.15, -0.1) is 0 Å². The summed E-state index contributed by atoms with van der Waals surface area (Å²) < 4.78 is 11.1. The number of oxazole rings is 1. The topological polar surface area (TPSA) is 64.4 Å². The van der Waals surface area contributed by atoms with Gasteiger partial charge in [-0.2, -0.15) is 0 Å². The predicted molar refractivity (Wildman–Crippen MR) is 110 cm³/mol. The fourth-order valence-electron chi connectivity index (χ4n) is 3.02. The van der Waals surface area contributed by atoms with E-state index in [0.717, 1.165) is 33.6 Å². The van der Waals surface area contributed by atoms with Gasteiger partial charge in [0, 0.05) is 17.3 Å². The summed E-state index contributed by atoms with van der Waals surface area (Å²) in [6, 6.07) is 20.9. The highest BCUT2D eigenvalue weighted by atomic mass is 16.5. The summed E-state index contributed by atoms with van der Waals surface area (Å²) in [6.45, 7) is 1.96. The summed E-state index contributed by atoms with van der Waals surface area (Å²) in [7, 11) is 1.62. The van der Waals surface area contributed by atoms with Gasteiger partial charge >= 0.3 is 0 Å². The first kappa shape index (κ1) is 17.8. The second-order valence-corrected chi connectivity index (χ2v) is 6.59. The Morgan fingerprint density at radius 2 is 1.89 bits per heavy atom. The highest BCUT2D eigenvalue weighted by molar-refractivity contribution is 5.93. The number of benzene rings is 3. The molecule has 0 unspecified atom stereocenters. The molecule has 0 saturated carbocycles. The molecule has 1 amide bonds. The van der Waals surface area contributed by atoms with Crippen molar-refractivity contribution in [3.63, 3.8) is 0 Å². The third-order valence-corrected chi connectivity index (χ3v) is 4.56. The lowest BCUT2D eigenvalue weighted by Gasteiger charge is -2.10. The number of methoxy groups -OCH3 is 1. The van der Waals surface area contributed by atoms with Crippen molar-refractivity contribution >= 4 is 22.7 Å². The first-order valence-electron chi connectivity index (χ1n) is 9.02. The van der Waals surface area contributed by atoms with Gasteiger partial charge in [-0.1, -0.05) is 36.4 Å². The SMILES string of the molecule is COc1ccc2oc(-c3ccc(C)c(NC(=O)Cc4ccccc4)c3)nc2c1. The number of ether oxygens (including phenoxy) is 1. The molecule has 3 aromatic carbocycles. The van der Waals surface area contributed by atoms with E-state index in [9.17, 15) is 4.79 Å². The number of carbonyl (C=O) groups is 1. The Morgan fingerprint density at radius 3 is 2.68 bits per heavy atom. The van der Waals surface area contributed by atoms with Crippen molar-refractivity contribution in [2.75, 3.05) is 12.4 Å². The van der Waals surface area contributed by atoms with Crippen LogP contribution in [0, 0.1) is 6.92 Å². The van der Waals surface area contributed by atoms with Crippen LogP contribution in [0.25, 0.3) is 22.6 Å². The molecule has 0 aliphatic heterocycles. The Balaban J connectivity index is 1.59. The van der Waals surface area contributed by atoms with Gasteiger partial charge in [0.2, 0.25) is 11.8 Å². The molecule has 1 aromatic heterocycles. The van der Waals surface area contributed by atoms with Gasteiger partial charge in [0.15, 0.2) is 5.58 Å². The summed E-state index contributed by atoms with van der Waals surface area (Å²) in [5.41, 5.74) is 4.91. The van der Waals surface area contributed by atoms with Crippen molar-refractivity contribution in [1.29, 1.82) is 0 Å². The van der Waals surface area contributed by atoms with Crippen LogP contribution in [0.1, 0.15) is 11.1 Å². The second kappa shape index (κ2) is 7.56. The number of amides is 1. The predicted octanol–water partition coefficient (Wildman–Crippen LogP) is 4.99. The van der Waals surface area contributed by atoms with E-state index in [1.165, 1.54) is 0 Å². The minimum absolute atomic E-state index is 0.0613. The van der Waals surface area contributed by atoms with Gasteiger partial charge in [-0.3, -0.25) is 4.79 Å². The van der Waals surface area contributed by atoms with Gasteiger partial charge in [0.1, 0.15) is 11.3 Å². The number of anilines is 1. The summed E-state index contributed by atoms with van der Waals surface area (Å²) in [4.78, 5) is 17.0. The van der Waals surface area contributed by atoms with Gasteiger partial charge in [0.25, 0.3) is 0 Å². The number of hydrogen-bond donors (Lipinski definition) is 1. The summed E-state index contributed by atoms with van der Waals surface area (Å²) in [5.74, 6) is 1.17. The maximum absolute atomic E-state index is 12.4. The number of rotatable bonds is 5. The summed E-state index contributed by atoms with van der Waals surface area (Å²) >= 11 is 0. The van der Waals surface area contributed by atoms with E-state index in [1.54, 1.807) is 7.11 Å². The number of aryl methyl sites for hydroxylation is 1. The van der Waals surface area contributed by atoms with Gasteiger partial charge in [-0.05, 0) is 42.3 Å². The highest BCUT2D eigenvalue weighted by Gasteiger charge is 2.12. The largest absolute Gasteiger partial charge is 0.497 e. The Labute approximate surface area is 163 Å². The monoisotopic (exact) mass is 372 g/mol. The van der Waals surface area contributed by atoms with E-state index in [0.29, 0.717) is 17.9 Å². The quantitative estimate of drug-likeness (QED) is 0.536. The molecule has 0 bridgehead atoms. The molecule has 140 valence electrons. The lowest BCUT2D eigenvalue weighted by atomic mass is 10.1. The molecular formula is C23H20N2O3. The van der Waals surface area contributed by atoms with Crippen molar-refractivity contribution < 1.29 is 13.9 Å². The van der Waals surface area contributed by atoms with Crippen LogP contribution in [0.15, 0.2) is 71.1 Å². The third-order valence-electron chi connectivity index (χ3n) is 4.56. The van der Waals surface area contributed by atoms with Crippen LogP contribution >= 0.6 is 0 Å². The normalized spacial score (nSPS) is 10.8. The van der Waals surface area contributed by atoms with Crippen LogP contribution in [0.4, 0.5) is 5.69 Å². The zero-order chi connectivity index (χ0) is 19.5. The van der Waals surface area contributed by atoms with E-state index in [1.807, 2.05) is 73.7 Å². The number of carbonyl (C=O) groups excluding carboxylic acids is 1. The standard InChI is InChI=1S/C23H20N2O3/c1-15-8-9-17(23-25-20-14-18(27-2)10-11-21(20)28-23)13-19(15)24-22(26)12-16-6-4-3-5-7-16/h3-11,13-14H,12H2,1-2H3,(H,24,26). The molecule has 4 rings (SSSR count). The Bertz CT molecular complexity index is 1130. The molecular weight excluding hydrogens is 352 g/mol. The van der Waals surface area contributed by atoms with Crippen molar-refractivity contribution in [3.05, 3.63) is 77.9 Å². The van der Waals surface area contributed by atoms with Crippen molar-refractivity contribution in [1.82, 2.24) is 4.98 Å². The fourth-order valence-corrected chi connectivity index (χ4v) is 3.02. The van der Waals surface area contributed by atoms with Crippen LogP contribution < -0.4 is 10.1 Å². The highest BCUT2D eigenvalue weighted by Crippen LogP contribution is 2.29. The van der Waals surface area contributed by atoms with Crippen LogP contribution in [0.3, 0.4) is 0 Å². The molecule has 0 aliphatic rings. The molecule has 0 atom stereocenters. The van der Waals surface area contributed by atoms with Crippen LogP contribution in [0.2, 0.25) is 0 Å². The number of nitrogens with zero attached hydrogens (tertiary/aromatic N) is 1. The van der Waals surface area contributed by atoms with Crippen LogP contribution in [-0.2, 0) is 11.2 Å². The van der Waals surface area contributed by atoms with E-state index < -0.39 is 0 Å². The van der Waals surface area contributed by atoms with Gasteiger partial charge < -0.3 is 14.5 Å². The summed E-state index contributed by atoms with van der Waals surface area (Å²) in [6.07, 6.45) is 0.327. The second-order valence-electron chi connectivity index (χ2n) is 6.59. The molecule has 0 fully saturated rings. The summed E-state index contributed by atoms with van der Waals surface area (Å²) in [5, 5.41) is 2.99. The molecule has 1 N–H and O–H groups in total. The third kappa shape index (κ3) is 3.74. The average Bonchev–Trinajstić information content (AvgIpc) is 3.13. The molecule has 0 spiro atoms. The number of hydrogen-bond acceptors (Lipinski definition) is 4. The van der Waals surface area contributed by atoms with Crippen molar-refractivity contribution in [2.45, 2.75) is 13.3 Å². The van der Waals surface area contributed by atoms with E-state index in [-0.39, 0.29) is 5.91 Å². The number of aromatic nitrogens is 1. The Kier molecular flexibility index (Phi) is 4.81. The smallest absolute Gasteiger partial charge is 0.228 e. The first-order chi connectivity index (χ1) is 13.6. The minimum atomic E-state index is -0.0613. The molecule has 28 heavy (non-hydrogen) atoms. The van der Waals surface area contributed by atoms with Crippen molar-refractivity contribution in [3.8, 4) is 17.2 Å². The average molecular weight is 372 g/mol. The van der Waals surface area contributed by atoms with Crippen molar-refractivity contribution in [2.24, 2.45) is 0 Å². The van der Waals surface area contributed by atoms with E-state index in [4.69, 9.17) is 9.15 Å². The Hall–Kier alpha value is -3.60. The lowest BCUT2D eigenvalue weighted by Crippen LogP contribution is -2.15. The van der Waals surface area contributed by atoms with E-state index in [2.05, 4.69) is 10.3 Å². The lowest BCUT2D eigenvalue weighted by molar-refractivity contribution is -0.115. The minimum Gasteiger partial charge on any atom is -0.497 e. The maximum atomic E-state index is 12.4. The molecule has 0 aliphatic carbocycles. The molecule has 5 nitrogen and oxygen atoms in total. The molecule has 0 saturated heterocycles. The number of nitrogens with one attached hydrogen (secondary N) is 1. The van der Waals surface area contributed by atoms with Crippen LogP contribution in [-0.4, -0.2) is 18.0 Å². The number of fused-ring (bicyclic) bond motifs is 1. The zero-order valence-corrected chi connectivity index (χ0v) is 15.7. The zero-order valence-electron chi connectivity index (χ0n) is 15.7. The van der Waals surface area contributed by atoms with Gasteiger partial charge in [0.05, 0.1) is 13.5 Å².